The quantitative estimate of drug-likeness (QED) is 0.473. The number of benzene rings is 1. The summed E-state index contributed by atoms with van der Waals surface area (Å²) in [6.07, 6.45) is 6.23. The molecule has 0 saturated carbocycles. The minimum absolute atomic E-state index is 0.278. The van der Waals surface area contributed by atoms with Crippen molar-refractivity contribution in [1.82, 2.24) is 29.5 Å². The normalized spacial score (nSPS) is 16.0. The van der Waals surface area contributed by atoms with Crippen LogP contribution in [0.15, 0.2) is 55.2 Å². The van der Waals surface area contributed by atoms with E-state index in [9.17, 15) is 13.2 Å². The first-order valence-corrected chi connectivity index (χ1v) is 10.4. The molecule has 1 fully saturated rings. The Morgan fingerprint density at radius 2 is 1.84 bits per heavy atom. The molecule has 2 N–H and O–H groups in total. The lowest BCUT2D eigenvalue weighted by molar-refractivity contribution is -0.147. The summed E-state index contributed by atoms with van der Waals surface area (Å²) < 4.78 is 39.7. The number of imidazole rings is 1. The molecule has 1 aliphatic rings. The van der Waals surface area contributed by atoms with Gasteiger partial charge >= 0.3 is 6.18 Å². The lowest BCUT2D eigenvalue weighted by Gasteiger charge is -2.32. The molecule has 0 radical (unpaired) electrons. The van der Waals surface area contributed by atoms with Crippen LogP contribution < -0.4 is 5.32 Å². The van der Waals surface area contributed by atoms with Crippen LogP contribution in [0.2, 0.25) is 0 Å². The van der Waals surface area contributed by atoms with Crippen LogP contribution >= 0.6 is 0 Å². The number of rotatable bonds is 5. The van der Waals surface area contributed by atoms with Crippen molar-refractivity contribution in [3.05, 3.63) is 60.8 Å². The number of piperidine rings is 1. The molecule has 0 atom stereocenters. The first kappa shape index (κ1) is 20.5. The molecule has 166 valence electrons. The van der Waals surface area contributed by atoms with Gasteiger partial charge < -0.3 is 5.32 Å². The van der Waals surface area contributed by atoms with Gasteiger partial charge in [0, 0.05) is 29.8 Å². The van der Waals surface area contributed by atoms with Crippen LogP contribution in [0.25, 0.3) is 16.9 Å². The average molecular weight is 441 g/mol. The van der Waals surface area contributed by atoms with Gasteiger partial charge in [0.1, 0.15) is 0 Å². The second-order valence-corrected chi connectivity index (χ2v) is 8.01. The third-order valence-corrected chi connectivity index (χ3v) is 5.86. The monoisotopic (exact) mass is 441 g/mol. The molecule has 0 aliphatic carbocycles. The second-order valence-electron chi connectivity index (χ2n) is 8.01. The third kappa shape index (κ3) is 4.31. The molecule has 0 spiro atoms. The number of hydrogen-bond acceptors (Lipinski definition) is 5. The number of fused-ring (bicyclic) bond motifs is 1. The molecule has 1 aliphatic heterocycles. The van der Waals surface area contributed by atoms with Gasteiger partial charge in [0.25, 0.3) is 0 Å². The van der Waals surface area contributed by atoms with E-state index in [0.717, 1.165) is 35.3 Å². The van der Waals surface area contributed by atoms with Gasteiger partial charge in [0.2, 0.25) is 0 Å². The minimum atomic E-state index is -4.13. The van der Waals surface area contributed by atoms with Crippen LogP contribution in [0.3, 0.4) is 0 Å². The Labute approximate surface area is 182 Å². The molecule has 5 rings (SSSR count). The summed E-state index contributed by atoms with van der Waals surface area (Å²) in [6, 6.07) is 8.02. The molecule has 7 nitrogen and oxygen atoms in total. The first-order chi connectivity index (χ1) is 15.5. The average Bonchev–Trinajstić information content (AvgIpc) is 3.47. The SMILES string of the molecule is FC(F)(F)CN1CCC(c2ccc(Nc3ncc(-c4cn[nH]c4)n4ccnc34)cc2)CC1. The Hall–Kier alpha value is -3.40. The van der Waals surface area contributed by atoms with Crippen LogP contribution in [0.5, 0.6) is 0 Å². The summed E-state index contributed by atoms with van der Waals surface area (Å²) >= 11 is 0. The zero-order chi connectivity index (χ0) is 22.1. The fourth-order valence-corrected chi connectivity index (χ4v) is 4.26. The standard InChI is InChI=1S/C22H22F3N7/c23-22(24,25)14-31-8-5-16(6-9-31)15-1-3-18(4-2-15)30-20-21-26-7-10-32(21)19(13-27-20)17-11-28-29-12-17/h1-4,7,10-13,16H,5-6,8-9,14H2,(H,27,30)(H,28,29). The molecule has 0 unspecified atom stereocenters. The molecule has 32 heavy (non-hydrogen) atoms. The van der Waals surface area contributed by atoms with Crippen molar-refractivity contribution >= 4 is 17.2 Å². The maximum atomic E-state index is 12.6. The highest BCUT2D eigenvalue weighted by Crippen LogP contribution is 2.31. The smallest absolute Gasteiger partial charge is 0.337 e. The molecule has 0 amide bonds. The topological polar surface area (TPSA) is 74.1 Å². The van der Waals surface area contributed by atoms with Crippen LogP contribution in [0.1, 0.15) is 24.3 Å². The van der Waals surface area contributed by atoms with Gasteiger partial charge in [-0.1, -0.05) is 12.1 Å². The summed E-state index contributed by atoms with van der Waals surface area (Å²) in [4.78, 5) is 10.5. The summed E-state index contributed by atoms with van der Waals surface area (Å²) in [7, 11) is 0. The molecular formula is C22H22F3N7. The number of halogens is 3. The van der Waals surface area contributed by atoms with E-state index in [1.807, 2.05) is 34.9 Å². The second kappa shape index (κ2) is 8.27. The Morgan fingerprint density at radius 3 is 2.53 bits per heavy atom. The van der Waals surface area contributed by atoms with Crippen molar-refractivity contribution in [2.75, 3.05) is 25.0 Å². The lowest BCUT2D eigenvalue weighted by Crippen LogP contribution is -2.39. The fourth-order valence-electron chi connectivity index (χ4n) is 4.26. The van der Waals surface area contributed by atoms with E-state index in [1.165, 1.54) is 4.90 Å². The zero-order valence-electron chi connectivity index (χ0n) is 17.2. The van der Waals surface area contributed by atoms with Crippen molar-refractivity contribution in [3.8, 4) is 11.3 Å². The number of hydrogen-bond donors (Lipinski definition) is 2. The predicted octanol–water partition coefficient (Wildman–Crippen LogP) is 4.60. The number of nitrogens with zero attached hydrogens (tertiary/aromatic N) is 5. The van der Waals surface area contributed by atoms with Crippen LogP contribution in [-0.2, 0) is 0 Å². The van der Waals surface area contributed by atoms with Crippen molar-refractivity contribution in [2.24, 2.45) is 0 Å². The number of aromatic nitrogens is 5. The first-order valence-electron chi connectivity index (χ1n) is 10.4. The molecule has 4 aromatic rings. The van der Waals surface area contributed by atoms with Gasteiger partial charge in [0.15, 0.2) is 11.5 Å². The molecule has 3 aromatic heterocycles. The third-order valence-electron chi connectivity index (χ3n) is 5.86. The molecule has 10 heteroatoms. The maximum Gasteiger partial charge on any atom is 0.401 e. The Morgan fingerprint density at radius 1 is 1.06 bits per heavy atom. The highest BCUT2D eigenvalue weighted by Gasteiger charge is 2.32. The van der Waals surface area contributed by atoms with E-state index in [4.69, 9.17) is 0 Å². The van der Waals surface area contributed by atoms with Crippen molar-refractivity contribution < 1.29 is 13.2 Å². The number of nitrogens with one attached hydrogen (secondary N) is 2. The van der Waals surface area contributed by atoms with Crippen molar-refractivity contribution in [1.29, 1.82) is 0 Å². The maximum absolute atomic E-state index is 12.6. The van der Waals surface area contributed by atoms with E-state index in [2.05, 4.69) is 25.5 Å². The molecule has 0 bridgehead atoms. The Kier molecular flexibility index (Phi) is 5.30. The van der Waals surface area contributed by atoms with Crippen LogP contribution in [0, 0.1) is 0 Å². The number of likely N-dealkylation sites (tertiary alicyclic amines) is 1. The largest absolute Gasteiger partial charge is 0.401 e. The van der Waals surface area contributed by atoms with E-state index in [1.54, 1.807) is 24.8 Å². The molecule has 1 saturated heterocycles. The van der Waals surface area contributed by atoms with Gasteiger partial charge in [-0.05, 0) is 49.5 Å². The fraction of sp³-hybridized carbons (Fsp3) is 0.318. The molecular weight excluding hydrogens is 419 g/mol. The van der Waals surface area contributed by atoms with E-state index >= 15 is 0 Å². The van der Waals surface area contributed by atoms with Crippen molar-refractivity contribution in [2.45, 2.75) is 24.9 Å². The van der Waals surface area contributed by atoms with Crippen molar-refractivity contribution in [3.63, 3.8) is 0 Å². The number of anilines is 2. The van der Waals surface area contributed by atoms with E-state index in [-0.39, 0.29) is 5.92 Å². The van der Waals surface area contributed by atoms with E-state index < -0.39 is 12.7 Å². The number of alkyl halides is 3. The summed E-state index contributed by atoms with van der Waals surface area (Å²) in [5.74, 6) is 0.912. The summed E-state index contributed by atoms with van der Waals surface area (Å²) in [6.45, 7) is 0.112. The van der Waals surface area contributed by atoms with Gasteiger partial charge in [-0.15, -0.1) is 0 Å². The summed E-state index contributed by atoms with van der Waals surface area (Å²) in [5, 5.41) is 10.1. The summed E-state index contributed by atoms with van der Waals surface area (Å²) in [5.41, 5.74) is 4.51. The predicted molar refractivity (Wildman–Crippen MR) is 115 cm³/mol. The highest BCUT2D eigenvalue weighted by molar-refractivity contribution is 5.73. The van der Waals surface area contributed by atoms with Gasteiger partial charge in [0.05, 0.1) is 24.6 Å². The van der Waals surface area contributed by atoms with Gasteiger partial charge in [-0.3, -0.25) is 14.4 Å². The number of aromatic amines is 1. The molecule has 4 heterocycles. The highest BCUT2D eigenvalue weighted by atomic mass is 19.4. The Bertz CT molecular complexity index is 1170. The number of H-pyrrole nitrogens is 1. The van der Waals surface area contributed by atoms with Crippen LogP contribution in [-0.4, -0.2) is 55.3 Å². The Balaban J connectivity index is 1.27. The zero-order valence-corrected chi connectivity index (χ0v) is 17.2. The van der Waals surface area contributed by atoms with E-state index in [0.29, 0.717) is 24.6 Å². The van der Waals surface area contributed by atoms with Crippen LogP contribution in [0.4, 0.5) is 24.7 Å². The minimum Gasteiger partial charge on any atom is -0.337 e. The van der Waals surface area contributed by atoms with Gasteiger partial charge in [-0.2, -0.15) is 18.3 Å². The van der Waals surface area contributed by atoms with Gasteiger partial charge in [-0.25, -0.2) is 9.97 Å². The molecule has 1 aromatic carbocycles. The lowest BCUT2D eigenvalue weighted by atomic mass is 9.89.